The Balaban J connectivity index is 1.58. The Morgan fingerprint density at radius 2 is 1.91 bits per heavy atom. The Hall–Kier alpha value is -2.96. The number of amides is 2. The average molecular weight is 555 g/mol. The number of ether oxygens (including phenoxy) is 2. The van der Waals surface area contributed by atoms with Crippen LogP contribution < -0.4 is 9.47 Å². The summed E-state index contributed by atoms with van der Waals surface area (Å²) in [6, 6.07) is 17.5. The Morgan fingerprint density at radius 1 is 1.12 bits per heavy atom. The molecular weight excluding hydrogens is 537 g/mol. The van der Waals surface area contributed by atoms with Crippen molar-refractivity contribution in [3.8, 4) is 23.8 Å². The van der Waals surface area contributed by atoms with E-state index in [4.69, 9.17) is 15.9 Å². The van der Waals surface area contributed by atoms with Gasteiger partial charge in [-0.15, -0.1) is 6.42 Å². The van der Waals surface area contributed by atoms with E-state index in [2.05, 4.69) is 28.5 Å². The minimum atomic E-state index is -0.310. The van der Waals surface area contributed by atoms with Crippen LogP contribution in [0.1, 0.15) is 11.1 Å². The second kappa shape index (κ2) is 9.67. The van der Waals surface area contributed by atoms with Crippen molar-refractivity contribution in [1.29, 1.82) is 0 Å². The predicted octanol–water partition coefficient (Wildman–Crippen LogP) is 5.70. The van der Waals surface area contributed by atoms with Crippen molar-refractivity contribution in [3.63, 3.8) is 0 Å². The van der Waals surface area contributed by atoms with Crippen molar-refractivity contribution in [2.24, 2.45) is 0 Å². The molecule has 0 spiro atoms. The predicted molar refractivity (Wildman–Crippen MR) is 136 cm³/mol. The van der Waals surface area contributed by atoms with E-state index >= 15 is 0 Å². The van der Waals surface area contributed by atoms with Gasteiger partial charge in [0, 0.05) is 0 Å². The molecule has 7 heteroatoms. The van der Waals surface area contributed by atoms with Crippen LogP contribution in [0.15, 0.2) is 59.5 Å². The largest absolute Gasteiger partial charge is 0.493 e. The van der Waals surface area contributed by atoms with Crippen molar-refractivity contribution in [1.82, 2.24) is 4.90 Å². The molecule has 0 radical (unpaired) electrons. The number of nitrogens with zero attached hydrogens (tertiary/aromatic N) is 1. The number of hydrogen-bond donors (Lipinski definition) is 0. The van der Waals surface area contributed by atoms with Crippen LogP contribution in [0.5, 0.6) is 11.5 Å². The van der Waals surface area contributed by atoms with Gasteiger partial charge in [0.1, 0.15) is 6.61 Å². The third-order valence-electron chi connectivity index (χ3n) is 4.88. The molecule has 4 rings (SSSR count). The summed E-state index contributed by atoms with van der Waals surface area (Å²) < 4.78 is 11.8. The fourth-order valence-electron chi connectivity index (χ4n) is 3.38. The molecule has 32 heavy (non-hydrogen) atoms. The summed E-state index contributed by atoms with van der Waals surface area (Å²) >= 11 is 3.06. The van der Waals surface area contributed by atoms with Gasteiger partial charge in [-0.25, -0.2) is 0 Å². The molecule has 160 valence electrons. The summed E-state index contributed by atoms with van der Waals surface area (Å²) in [5.41, 5.74) is 1.63. The third-order valence-corrected chi connectivity index (χ3v) is 6.59. The first-order valence-corrected chi connectivity index (χ1v) is 11.6. The fourth-order valence-corrected chi connectivity index (χ4v) is 5.00. The molecule has 1 fully saturated rings. The second-order valence-corrected chi connectivity index (χ2v) is 9.13. The molecule has 1 aliphatic rings. The van der Waals surface area contributed by atoms with E-state index < -0.39 is 0 Å². The molecule has 0 aromatic heterocycles. The normalized spacial score (nSPS) is 14.8. The summed E-state index contributed by atoms with van der Waals surface area (Å²) in [7, 11) is 1.54. The first-order valence-electron chi connectivity index (χ1n) is 9.67. The zero-order valence-corrected chi connectivity index (χ0v) is 20.1. The van der Waals surface area contributed by atoms with E-state index in [1.165, 1.54) is 12.0 Å². The van der Waals surface area contributed by atoms with Crippen LogP contribution in [-0.4, -0.2) is 29.8 Å². The summed E-state index contributed by atoms with van der Waals surface area (Å²) in [6.07, 6.45) is 6.97. The number of terminal acetylenes is 1. The number of rotatable bonds is 6. The van der Waals surface area contributed by atoms with Gasteiger partial charge >= 0.3 is 0 Å². The van der Waals surface area contributed by atoms with Crippen LogP contribution in [0.3, 0.4) is 0 Å². The number of halogens is 1. The molecule has 0 atom stereocenters. The number of methoxy groups -OCH3 is 1. The molecule has 2 amide bonds. The van der Waals surface area contributed by atoms with Crippen LogP contribution >= 0.6 is 34.4 Å². The van der Waals surface area contributed by atoms with E-state index in [0.29, 0.717) is 16.4 Å². The first-order chi connectivity index (χ1) is 15.5. The molecule has 0 saturated carbocycles. The SMILES string of the molecule is C#CCOc1c(I)cc(/C=C2\SC(=O)N(Cc3ccc4ccccc4c3)C2=O)cc1OC. The molecule has 1 saturated heterocycles. The standard InChI is InChI=1S/C25H18INO4S/c1-3-10-31-23-20(26)12-17(13-21(23)30-2)14-22-24(28)27(25(29)32-22)15-16-8-9-18-6-4-5-7-19(18)11-16/h1,4-9,11-14H,10,15H2,2H3/b22-14-. The van der Waals surface area contributed by atoms with Crippen molar-refractivity contribution >= 4 is 62.3 Å². The number of carbonyl (C=O) groups excluding carboxylic acids is 2. The average Bonchev–Trinajstić information content (AvgIpc) is 3.05. The lowest BCUT2D eigenvalue weighted by Crippen LogP contribution is -2.27. The molecule has 0 aliphatic carbocycles. The van der Waals surface area contributed by atoms with Crippen LogP contribution in [0.25, 0.3) is 16.8 Å². The highest BCUT2D eigenvalue weighted by atomic mass is 127. The molecule has 0 N–H and O–H groups in total. The lowest BCUT2D eigenvalue weighted by molar-refractivity contribution is -0.123. The van der Waals surface area contributed by atoms with E-state index in [9.17, 15) is 9.59 Å². The third kappa shape index (κ3) is 4.61. The number of thioether (sulfide) groups is 1. The highest BCUT2D eigenvalue weighted by molar-refractivity contribution is 14.1. The molecule has 0 unspecified atom stereocenters. The molecular formula is C25H18INO4S. The molecule has 3 aromatic carbocycles. The van der Waals surface area contributed by atoms with E-state index in [1.807, 2.05) is 48.5 Å². The molecule has 1 aliphatic heterocycles. The van der Waals surface area contributed by atoms with Gasteiger partial charge in [-0.2, -0.15) is 0 Å². The van der Waals surface area contributed by atoms with Crippen LogP contribution in [-0.2, 0) is 11.3 Å². The smallest absolute Gasteiger partial charge is 0.293 e. The monoisotopic (exact) mass is 555 g/mol. The number of imide groups is 1. The topological polar surface area (TPSA) is 55.8 Å². The molecule has 3 aromatic rings. The lowest BCUT2D eigenvalue weighted by Gasteiger charge is -2.13. The van der Waals surface area contributed by atoms with E-state index in [0.717, 1.165) is 37.2 Å². The zero-order valence-electron chi connectivity index (χ0n) is 17.1. The van der Waals surface area contributed by atoms with Crippen molar-refractivity contribution in [3.05, 3.63) is 74.2 Å². The maximum atomic E-state index is 13.0. The maximum Gasteiger partial charge on any atom is 0.293 e. The summed E-state index contributed by atoms with van der Waals surface area (Å²) in [5.74, 6) is 3.18. The number of carbonyl (C=O) groups is 2. The van der Waals surface area contributed by atoms with Crippen molar-refractivity contribution < 1.29 is 19.1 Å². The Labute approximate surface area is 203 Å². The van der Waals surface area contributed by atoms with Gasteiger partial charge in [-0.1, -0.05) is 42.3 Å². The van der Waals surface area contributed by atoms with Crippen LogP contribution in [0.2, 0.25) is 0 Å². The quantitative estimate of drug-likeness (QED) is 0.222. The van der Waals surface area contributed by atoms with Crippen molar-refractivity contribution in [2.75, 3.05) is 13.7 Å². The summed E-state index contributed by atoms with van der Waals surface area (Å²) in [5, 5.41) is 1.90. The van der Waals surface area contributed by atoms with Crippen LogP contribution in [0, 0.1) is 15.9 Å². The van der Waals surface area contributed by atoms with Gasteiger partial charge in [0.2, 0.25) is 0 Å². The van der Waals surface area contributed by atoms with Gasteiger partial charge in [0.25, 0.3) is 11.1 Å². The van der Waals surface area contributed by atoms with E-state index in [-0.39, 0.29) is 24.3 Å². The molecule has 5 nitrogen and oxygen atoms in total. The second-order valence-electron chi connectivity index (χ2n) is 6.98. The highest BCUT2D eigenvalue weighted by Gasteiger charge is 2.35. The lowest BCUT2D eigenvalue weighted by atomic mass is 10.1. The number of benzene rings is 3. The van der Waals surface area contributed by atoms with Crippen LogP contribution in [0.4, 0.5) is 4.79 Å². The Bertz CT molecular complexity index is 1290. The van der Waals surface area contributed by atoms with Gasteiger partial charge in [0.05, 0.1) is 22.1 Å². The zero-order chi connectivity index (χ0) is 22.7. The highest BCUT2D eigenvalue weighted by Crippen LogP contribution is 2.37. The Kier molecular flexibility index (Phi) is 6.72. The number of fused-ring (bicyclic) bond motifs is 1. The molecule has 0 bridgehead atoms. The van der Waals surface area contributed by atoms with Gasteiger partial charge in [-0.3, -0.25) is 14.5 Å². The first kappa shape index (κ1) is 22.2. The molecule has 1 heterocycles. The van der Waals surface area contributed by atoms with E-state index in [1.54, 1.807) is 12.1 Å². The summed E-state index contributed by atoms with van der Waals surface area (Å²) in [4.78, 5) is 27.2. The van der Waals surface area contributed by atoms with Crippen molar-refractivity contribution in [2.45, 2.75) is 6.54 Å². The van der Waals surface area contributed by atoms with Gasteiger partial charge < -0.3 is 9.47 Å². The summed E-state index contributed by atoms with van der Waals surface area (Å²) in [6.45, 7) is 0.353. The minimum Gasteiger partial charge on any atom is -0.493 e. The van der Waals surface area contributed by atoms with Gasteiger partial charge in [-0.05, 0) is 80.5 Å². The minimum absolute atomic E-state index is 0.124. The maximum absolute atomic E-state index is 13.0. The fraction of sp³-hybridized carbons (Fsp3) is 0.120. The van der Waals surface area contributed by atoms with Gasteiger partial charge in [0.15, 0.2) is 11.5 Å². The Morgan fingerprint density at radius 3 is 2.66 bits per heavy atom. The number of hydrogen-bond acceptors (Lipinski definition) is 5.